The molecule has 0 saturated carbocycles. The van der Waals surface area contributed by atoms with Crippen molar-refractivity contribution in [2.45, 2.75) is 25.4 Å². The molecule has 3 N–H and O–H groups in total. The highest BCUT2D eigenvalue weighted by molar-refractivity contribution is 6.30. The van der Waals surface area contributed by atoms with Gasteiger partial charge in [-0.1, -0.05) is 11.6 Å². The molecule has 1 heterocycles. The maximum Gasteiger partial charge on any atom is 0.303 e. The summed E-state index contributed by atoms with van der Waals surface area (Å²) in [5, 5.41) is 9.34. The Labute approximate surface area is 109 Å². The standard InChI is InChI=1S/C12H14ClFN2O2/c1-6-8(5-11(17)18)12(16-15-6)9-4-7(13)2-3-10(9)14/h2-4,6,8,12,15-16H,5H2,1H3,(H,17,18). The highest BCUT2D eigenvalue weighted by Gasteiger charge is 2.36. The van der Waals surface area contributed by atoms with Crippen molar-refractivity contribution >= 4 is 17.6 Å². The fourth-order valence-electron chi connectivity index (χ4n) is 2.28. The maximum absolute atomic E-state index is 13.8. The summed E-state index contributed by atoms with van der Waals surface area (Å²) in [5.41, 5.74) is 6.28. The molecule has 4 nitrogen and oxygen atoms in total. The fourth-order valence-corrected chi connectivity index (χ4v) is 2.46. The lowest BCUT2D eigenvalue weighted by Crippen LogP contribution is -2.29. The van der Waals surface area contributed by atoms with Gasteiger partial charge in [-0.3, -0.25) is 10.2 Å². The van der Waals surface area contributed by atoms with Gasteiger partial charge >= 0.3 is 5.97 Å². The van der Waals surface area contributed by atoms with E-state index in [2.05, 4.69) is 10.9 Å². The lowest BCUT2D eigenvalue weighted by Gasteiger charge is -2.20. The minimum Gasteiger partial charge on any atom is -0.481 e. The third kappa shape index (κ3) is 2.63. The molecule has 2 rings (SSSR count). The van der Waals surface area contributed by atoms with Gasteiger partial charge in [-0.25, -0.2) is 9.82 Å². The summed E-state index contributed by atoms with van der Waals surface area (Å²) < 4.78 is 13.8. The number of carboxylic acid groups (broad SMARTS) is 1. The molecule has 0 spiro atoms. The van der Waals surface area contributed by atoms with E-state index in [1.165, 1.54) is 18.2 Å². The predicted octanol–water partition coefficient (Wildman–Crippen LogP) is 2.11. The molecule has 1 saturated heterocycles. The molecule has 0 amide bonds. The molecule has 1 aromatic rings. The Kier molecular flexibility index (Phi) is 3.85. The van der Waals surface area contributed by atoms with Crippen LogP contribution in [0.5, 0.6) is 0 Å². The van der Waals surface area contributed by atoms with Gasteiger partial charge in [0.2, 0.25) is 0 Å². The zero-order valence-corrected chi connectivity index (χ0v) is 10.5. The first-order valence-corrected chi connectivity index (χ1v) is 6.04. The molecule has 6 heteroatoms. The fraction of sp³-hybridized carbons (Fsp3) is 0.417. The van der Waals surface area contributed by atoms with Gasteiger partial charge in [-0.15, -0.1) is 0 Å². The third-order valence-corrected chi connectivity index (χ3v) is 3.48. The van der Waals surface area contributed by atoms with Gasteiger partial charge < -0.3 is 5.11 Å². The van der Waals surface area contributed by atoms with Gasteiger partial charge in [0, 0.05) is 22.5 Å². The van der Waals surface area contributed by atoms with Crippen molar-refractivity contribution in [2.75, 3.05) is 0 Å². The van der Waals surface area contributed by atoms with Crippen LogP contribution in [0.4, 0.5) is 4.39 Å². The predicted molar refractivity (Wildman–Crippen MR) is 65.6 cm³/mol. The molecule has 1 aromatic carbocycles. The molecule has 18 heavy (non-hydrogen) atoms. The number of benzene rings is 1. The van der Waals surface area contributed by atoms with Crippen molar-refractivity contribution in [2.24, 2.45) is 5.92 Å². The summed E-state index contributed by atoms with van der Waals surface area (Å²) in [6.07, 6.45) is -0.0300. The number of carbonyl (C=O) groups is 1. The zero-order chi connectivity index (χ0) is 13.3. The van der Waals surface area contributed by atoms with Crippen LogP contribution in [0.2, 0.25) is 5.02 Å². The second-order valence-electron chi connectivity index (χ2n) is 4.48. The molecule has 0 aromatic heterocycles. The SMILES string of the molecule is CC1NNC(c2cc(Cl)ccc2F)C1CC(=O)O. The largest absolute Gasteiger partial charge is 0.481 e. The second-order valence-corrected chi connectivity index (χ2v) is 4.92. The first kappa shape index (κ1) is 13.3. The Morgan fingerprint density at radius 2 is 2.22 bits per heavy atom. The van der Waals surface area contributed by atoms with Crippen molar-refractivity contribution in [3.63, 3.8) is 0 Å². The highest BCUT2D eigenvalue weighted by Crippen LogP contribution is 2.33. The van der Waals surface area contributed by atoms with E-state index in [0.717, 1.165) is 0 Å². The first-order valence-electron chi connectivity index (χ1n) is 5.67. The van der Waals surface area contributed by atoms with E-state index in [9.17, 15) is 9.18 Å². The van der Waals surface area contributed by atoms with Gasteiger partial charge in [-0.05, 0) is 25.1 Å². The molecule has 0 aliphatic carbocycles. The minimum atomic E-state index is -0.898. The third-order valence-electron chi connectivity index (χ3n) is 3.24. The van der Waals surface area contributed by atoms with E-state index >= 15 is 0 Å². The van der Waals surface area contributed by atoms with E-state index in [1.54, 1.807) is 0 Å². The van der Waals surface area contributed by atoms with Crippen molar-refractivity contribution < 1.29 is 14.3 Å². The van der Waals surface area contributed by atoms with Crippen LogP contribution in [0.15, 0.2) is 18.2 Å². The average Bonchev–Trinajstić information content (AvgIpc) is 2.64. The Hall–Kier alpha value is -1.17. The number of hydrazine groups is 1. The summed E-state index contributed by atoms with van der Waals surface area (Å²) in [6.45, 7) is 1.86. The molecule has 3 unspecified atom stereocenters. The number of halogens is 2. The van der Waals surface area contributed by atoms with Crippen LogP contribution >= 0.6 is 11.6 Å². The van der Waals surface area contributed by atoms with Crippen molar-refractivity contribution in [3.8, 4) is 0 Å². The van der Waals surface area contributed by atoms with Crippen LogP contribution in [-0.4, -0.2) is 17.1 Å². The van der Waals surface area contributed by atoms with Gasteiger partial charge in [0.15, 0.2) is 0 Å². The van der Waals surface area contributed by atoms with Crippen LogP contribution in [0, 0.1) is 11.7 Å². The minimum absolute atomic E-state index is 0.0300. The molecule has 0 bridgehead atoms. The van der Waals surface area contributed by atoms with E-state index in [-0.39, 0.29) is 24.2 Å². The maximum atomic E-state index is 13.8. The molecular weight excluding hydrogens is 259 g/mol. The van der Waals surface area contributed by atoms with Crippen molar-refractivity contribution in [3.05, 3.63) is 34.6 Å². The van der Waals surface area contributed by atoms with E-state index in [0.29, 0.717) is 10.6 Å². The molecule has 1 aliphatic heterocycles. The number of hydrogen-bond donors (Lipinski definition) is 3. The van der Waals surface area contributed by atoms with Crippen LogP contribution in [0.25, 0.3) is 0 Å². The van der Waals surface area contributed by atoms with E-state index < -0.39 is 12.0 Å². The average molecular weight is 273 g/mol. The Bertz CT molecular complexity index is 469. The summed E-state index contributed by atoms with van der Waals surface area (Å²) in [7, 11) is 0. The van der Waals surface area contributed by atoms with Crippen LogP contribution in [-0.2, 0) is 4.79 Å². The number of aliphatic carboxylic acids is 1. The number of nitrogens with one attached hydrogen (secondary N) is 2. The van der Waals surface area contributed by atoms with Crippen molar-refractivity contribution in [1.29, 1.82) is 0 Å². The molecule has 1 fully saturated rings. The Morgan fingerprint density at radius 1 is 1.50 bits per heavy atom. The van der Waals surface area contributed by atoms with Crippen LogP contribution in [0.3, 0.4) is 0 Å². The first-order chi connectivity index (χ1) is 8.49. The van der Waals surface area contributed by atoms with Gasteiger partial charge in [-0.2, -0.15) is 0 Å². The second kappa shape index (κ2) is 5.22. The number of hydrogen-bond acceptors (Lipinski definition) is 3. The molecular formula is C12H14ClFN2O2. The Morgan fingerprint density at radius 3 is 2.89 bits per heavy atom. The van der Waals surface area contributed by atoms with Gasteiger partial charge in [0.1, 0.15) is 5.82 Å². The normalized spacial score (nSPS) is 27.4. The molecule has 0 radical (unpaired) electrons. The summed E-state index contributed by atoms with van der Waals surface area (Å²) in [4.78, 5) is 10.9. The van der Waals surface area contributed by atoms with E-state index in [4.69, 9.17) is 16.7 Å². The van der Waals surface area contributed by atoms with E-state index in [1.807, 2.05) is 6.92 Å². The summed E-state index contributed by atoms with van der Waals surface area (Å²) >= 11 is 5.85. The summed E-state index contributed by atoms with van der Waals surface area (Å²) in [6, 6.07) is 3.85. The highest BCUT2D eigenvalue weighted by atomic mass is 35.5. The quantitative estimate of drug-likeness (QED) is 0.789. The number of rotatable bonds is 3. The smallest absolute Gasteiger partial charge is 0.303 e. The number of carboxylic acids is 1. The van der Waals surface area contributed by atoms with Gasteiger partial charge in [0.25, 0.3) is 0 Å². The monoisotopic (exact) mass is 272 g/mol. The molecule has 1 aliphatic rings. The molecule has 98 valence electrons. The topological polar surface area (TPSA) is 61.4 Å². The Balaban J connectivity index is 2.30. The van der Waals surface area contributed by atoms with Crippen molar-refractivity contribution in [1.82, 2.24) is 10.9 Å². The lowest BCUT2D eigenvalue weighted by molar-refractivity contribution is -0.138. The van der Waals surface area contributed by atoms with Crippen LogP contribution in [0.1, 0.15) is 24.9 Å². The lowest BCUT2D eigenvalue weighted by atomic mass is 9.87. The zero-order valence-electron chi connectivity index (χ0n) is 9.78. The summed E-state index contributed by atoms with van der Waals surface area (Å²) in [5.74, 6) is -1.51. The van der Waals surface area contributed by atoms with Gasteiger partial charge in [0.05, 0.1) is 12.5 Å². The molecule has 3 atom stereocenters. The van der Waals surface area contributed by atoms with Crippen LogP contribution < -0.4 is 10.9 Å².